The third-order valence-electron chi connectivity index (χ3n) is 5.25. The zero-order chi connectivity index (χ0) is 20.0. The maximum Gasteiger partial charge on any atom is 0.253 e. The second-order valence-electron chi connectivity index (χ2n) is 7.66. The van der Waals surface area contributed by atoms with Gasteiger partial charge in [-0.1, -0.05) is 0 Å². The normalized spacial score (nSPS) is 13.7. The first-order valence-corrected chi connectivity index (χ1v) is 9.67. The first-order valence-electron chi connectivity index (χ1n) is 9.67. The topological polar surface area (TPSA) is 89.7 Å². The van der Waals surface area contributed by atoms with Crippen LogP contribution in [0.4, 0.5) is 0 Å². The van der Waals surface area contributed by atoms with E-state index in [2.05, 4.69) is 57.6 Å². The number of carbonyl (C=O) groups excluding carboxylic acids is 1. The summed E-state index contributed by atoms with van der Waals surface area (Å²) < 4.78 is 0. The summed E-state index contributed by atoms with van der Waals surface area (Å²) >= 11 is 0. The molecule has 0 atom stereocenters. The standard InChI is InChI=1S/C22H22N6O/c1-28(2)12-14-11-25-17-4-3-13(9-15(14)17)21-23-7-6-19(27-21)20-10-16-18(26-20)5-8-24-22(16)29/h3-4,6-7,9-11,25-26H,5,8,12H2,1-2H3,(H,24,29). The van der Waals surface area contributed by atoms with Crippen LogP contribution in [0, 0.1) is 0 Å². The average molecular weight is 386 g/mol. The van der Waals surface area contributed by atoms with Gasteiger partial charge in [0.05, 0.1) is 17.0 Å². The van der Waals surface area contributed by atoms with Gasteiger partial charge in [-0.15, -0.1) is 0 Å². The number of H-pyrrole nitrogens is 2. The number of nitrogens with one attached hydrogen (secondary N) is 3. The minimum atomic E-state index is -0.0330. The lowest BCUT2D eigenvalue weighted by atomic mass is 10.1. The Morgan fingerprint density at radius 3 is 2.90 bits per heavy atom. The molecule has 7 heteroatoms. The first-order chi connectivity index (χ1) is 14.1. The van der Waals surface area contributed by atoms with Crippen LogP contribution in [0.15, 0.2) is 42.7 Å². The lowest BCUT2D eigenvalue weighted by Crippen LogP contribution is -2.31. The Morgan fingerprint density at radius 1 is 1.17 bits per heavy atom. The molecule has 4 heterocycles. The minimum Gasteiger partial charge on any atom is -0.361 e. The van der Waals surface area contributed by atoms with Gasteiger partial charge in [-0.3, -0.25) is 4.79 Å². The molecule has 0 unspecified atom stereocenters. The molecule has 7 nitrogen and oxygen atoms in total. The Bertz CT molecular complexity index is 1220. The molecule has 0 radical (unpaired) electrons. The second-order valence-corrected chi connectivity index (χ2v) is 7.66. The Morgan fingerprint density at radius 2 is 2.07 bits per heavy atom. The highest BCUT2D eigenvalue weighted by molar-refractivity contribution is 5.97. The number of nitrogens with zero attached hydrogens (tertiary/aromatic N) is 3. The number of carbonyl (C=O) groups is 1. The van der Waals surface area contributed by atoms with E-state index in [1.165, 1.54) is 10.9 Å². The summed E-state index contributed by atoms with van der Waals surface area (Å²) in [6, 6.07) is 9.98. The van der Waals surface area contributed by atoms with E-state index in [1.807, 2.05) is 18.2 Å². The molecule has 1 aliphatic rings. The van der Waals surface area contributed by atoms with Gasteiger partial charge in [-0.05, 0) is 50.0 Å². The highest BCUT2D eigenvalue weighted by Crippen LogP contribution is 2.27. The zero-order valence-corrected chi connectivity index (χ0v) is 16.4. The SMILES string of the molecule is CN(C)Cc1c[nH]c2ccc(-c3nccc(-c4cc5c([nH]4)CCNC5=O)n3)cc12. The Balaban J connectivity index is 1.54. The molecule has 1 amide bonds. The fourth-order valence-corrected chi connectivity index (χ4v) is 3.87. The maximum atomic E-state index is 12.1. The zero-order valence-electron chi connectivity index (χ0n) is 16.4. The number of aromatic nitrogens is 4. The fraction of sp³-hybridized carbons (Fsp3) is 0.227. The average Bonchev–Trinajstić information content (AvgIpc) is 3.33. The lowest BCUT2D eigenvalue weighted by Gasteiger charge is -2.10. The summed E-state index contributed by atoms with van der Waals surface area (Å²) in [7, 11) is 4.12. The van der Waals surface area contributed by atoms with Crippen LogP contribution < -0.4 is 5.32 Å². The van der Waals surface area contributed by atoms with Crippen molar-refractivity contribution in [3.63, 3.8) is 0 Å². The van der Waals surface area contributed by atoms with Crippen molar-refractivity contribution in [2.75, 3.05) is 20.6 Å². The number of rotatable bonds is 4. The summed E-state index contributed by atoms with van der Waals surface area (Å²) in [6.07, 6.45) is 4.62. The molecule has 3 aromatic heterocycles. The molecule has 1 aromatic carbocycles. The summed E-state index contributed by atoms with van der Waals surface area (Å²) in [5, 5.41) is 4.05. The van der Waals surface area contributed by atoms with Gasteiger partial charge >= 0.3 is 0 Å². The second kappa shape index (κ2) is 6.86. The van der Waals surface area contributed by atoms with E-state index in [9.17, 15) is 4.79 Å². The Labute approximate surface area is 168 Å². The molecule has 3 N–H and O–H groups in total. The van der Waals surface area contributed by atoms with E-state index >= 15 is 0 Å². The van der Waals surface area contributed by atoms with E-state index in [4.69, 9.17) is 4.98 Å². The molecule has 1 aliphatic heterocycles. The van der Waals surface area contributed by atoms with Crippen LogP contribution in [0.2, 0.25) is 0 Å². The highest BCUT2D eigenvalue weighted by atomic mass is 16.1. The molecular formula is C22H22N6O. The number of hydrogen-bond acceptors (Lipinski definition) is 4. The van der Waals surface area contributed by atoms with E-state index in [1.54, 1.807) is 6.20 Å². The van der Waals surface area contributed by atoms with Gasteiger partial charge < -0.3 is 20.2 Å². The van der Waals surface area contributed by atoms with Crippen LogP contribution in [0.5, 0.6) is 0 Å². The lowest BCUT2D eigenvalue weighted by molar-refractivity contribution is 0.0946. The third-order valence-corrected chi connectivity index (χ3v) is 5.25. The quantitative estimate of drug-likeness (QED) is 0.503. The van der Waals surface area contributed by atoms with E-state index in [0.717, 1.165) is 41.1 Å². The number of hydrogen-bond donors (Lipinski definition) is 3. The van der Waals surface area contributed by atoms with Crippen molar-refractivity contribution < 1.29 is 4.79 Å². The molecule has 0 saturated heterocycles. The smallest absolute Gasteiger partial charge is 0.253 e. The first kappa shape index (κ1) is 17.6. The highest BCUT2D eigenvalue weighted by Gasteiger charge is 2.20. The van der Waals surface area contributed by atoms with Crippen LogP contribution in [0.25, 0.3) is 33.7 Å². The number of fused-ring (bicyclic) bond motifs is 2. The van der Waals surface area contributed by atoms with Crippen molar-refractivity contribution in [3.8, 4) is 22.8 Å². The number of amides is 1. The maximum absolute atomic E-state index is 12.1. The molecule has 0 fully saturated rings. The van der Waals surface area contributed by atoms with Crippen LogP contribution in [0.3, 0.4) is 0 Å². The summed E-state index contributed by atoms with van der Waals surface area (Å²) in [5.74, 6) is 0.632. The summed E-state index contributed by atoms with van der Waals surface area (Å²) in [6.45, 7) is 1.52. The third kappa shape index (κ3) is 3.19. The fourth-order valence-electron chi connectivity index (χ4n) is 3.87. The van der Waals surface area contributed by atoms with Crippen molar-refractivity contribution in [1.29, 1.82) is 0 Å². The van der Waals surface area contributed by atoms with Crippen LogP contribution in [-0.2, 0) is 13.0 Å². The van der Waals surface area contributed by atoms with Gasteiger partial charge in [0, 0.05) is 54.1 Å². The number of benzene rings is 1. The van der Waals surface area contributed by atoms with Gasteiger partial charge in [0.1, 0.15) is 0 Å². The van der Waals surface area contributed by atoms with Gasteiger partial charge in [0.15, 0.2) is 5.82 Å². The van der Waals surface area contributed by atoms with E-state index in [0.29, 0.717) is 17.9 Å². The molecular weight excluding hydrogens is 364 g/mol. The van der Waals surface area contributed by atoms with Gasteiger partial charge in [-0.2, -0.15) is 0 Å². The molecule has 5 rings (SSSR count). The molecule has 4 aromatic rings. The van der Waals surface area contributed by atoms with E-state index < -0.39 is 0 Å². The van der Waals surface area contributed by atoms with Crippen LogP contribution in [-0.4, -0.2) is 51.4 Å². The van der Waals surface area contributed by atoms with Crippen molar-refractivity contribution in [2.24, 2.45) is 0 Å². The van der Waals surface area contributed by atoms with Crippen molar-refractivity contribution in [1.82, 2.24) is 30.2 Å². The summed E-state index contributed by atoms with van der Waals surface area (Å²) in [4.78, 5) is 30.1. The Kier molecular flexibility index (Phi) is 4.17. The molecule has 0 saturated carbocycles. The largest absolute Gasteiger partial charge is 0.361 e. The molecule has 146 valence electrons. The van der Waals surface area contributed by atoms with Gasteiger partial charge in [0.25, 0.3) is 5.91 Å². The van der Waals surface area contributed by atoms with Gasteiger partial charge in [-0.25, -0.2) is 9.97 Å². The molecule has 0 spiro atoms. The molecule has 0 aliphatic carbocycles. The number of aromatic amines is 2. The summed E-state index contributed by atoms with van der Waals surface area (Å²) in [5.41, 5.74) is 6.59. The van der Waals surface area contributed by atoms with Crippen LogP contribution in [0.1, 0.15) is 21.6 Å². The predicted molar refractivity (Wildman–Crippen MR) is 113 cm³/mol. The Hall–Kier alpha value is -3.45. The van der Waals surface area contributed by atoms with Gasteiger partial charge in [0.2, 0.25) is 0 Å². The van der Waals surface area contributed by atoms with Crippen molar-refractivity contribution in [3.05, 3.63) is 59.5 Å². The van der Waals surface area contributed by atoms with Crippen molar-refractivity contribution in [2.45, 2.75) is 13.0 Å². The minimum absolute atomic E-state index is 0.0330. The van der Waals surface area contributed by atoms with Crippen LogP contribution >= 0.6 is 0 Å². The monoisotopic (exact) mass is 386 g/mol. The molecule has 29 heavy (non-hydrogen) atoms. The van der Waals surface area contributed by atoms with E-state index in [-0.39, 0.29) is 5.91 Å². The molecule has 0 bridgehead atoms. The predicted octanol–water partition coefficient (Wildman–Crippen LogP) is 2.97. The van der Waals surface area contributed by atoms with Crippen molar-refractivity contribution >= 4 is 16.8 Å².